The lowest BCUT2D eigenvalue weighted by molar-refractivity contribution is -0.127. The van der Waals surface area contributed by atoms with Crippen LogP contribution in [0.15, 0.2) is 18.3 Å². The van der Waals surface area contributed by atoms with Crippen LogP contribution in [0.3, 0.4) is 0 Å². The van der Waals surface area contributed by atoms with Crippen LogP contribution in [-0.2, 0) is 16.1 Å². The number of pyridine rings is 1. The second-order valence-electron chi connectivity index (χ2n) is 7.46. The number of nitrogens with one attached hydrogen (secondary N) is 2. The molecular weight excluding hydrogens is 330 g/mol. The van der Waals surface area contributed by atoms with Crippen LogP contribution >= 0.6 is 0 Å². The molecule has 2 amide bonds. The summed E-state index contributed by atoms with van der Waals surface area (Å²) in [6.45, 7) is 8.42. The quantitative estimate of drug-likeness (QED) is 0.674. The number of nitrogens with zero attached hydrogens (tertiary/aromatic N) is 2. The number of amides is 2. The molecule has 0 aliphatic carbocycles. The zero-order chi connectivity index (χ0) is 19.1. The summed E-state index contributed by atoms with van der Waals surface area (Å²) < 4.78 is 0. The standard InChI is InChI=1S/C19H31N5O2/c1-13(2)18(20)19(26)23-12-17(25)22-11-15-4-5-16(21-10-15)24-8-6-14(3)7-9-24/h4-5,10,13-14,18H,6-9,11-12,20H2,1-3H3,(H,22,25)(H,23,26)/t18-/m0/s1. The van der Waals surface area contributed by atoms with Crippen molar-refractivity contribution >= 4 is 17.6 Å². The Morgan fingerprint density at radius 1 is 1.27 bits per heavy atom. The Morgan fingerprint density at radius 2 is 1.96 bits per heavy atom. The predicted molar refractivity (Wildman–Crippen MR) is 103 cm³/mol. The molecule has 1 aromatic heterocycles. The molecule has 0 spiro atoms. The smallest absolute Gasteiger partial charge is 0.239 e. The molecule has 0 bridgehead atoms. The summed E-state index contributed by atoms with van der Waals surface area (Å²) in [4.78, 5) is 30.4. The van der Waals surface area contributed by atoms with Crippen LogP contribution in [0.2, 0.25) is 0 Å². The number of aromatic nitrogens is 1. The first-order chi connectivity index (χ1) is 12.4. The minimum absolute atomic E-state index is 0.0331. The largest absolute Gasteiger partial charge is 0.357 e. The van der Waals surface area contributed by atoms with Gasteiger partial charge in [-0.3, -0.25) is 9.59 Å². The molecule has 0 unspecified atom stereocenters. The van der Waals surface area contributed by atoms with Crippen LogP contribution in [0, 0.1) is 11.8 Å². The van der Waals surface area contributed by atoms with Gasteiger partial charge in [-0.2, -0.15) is 0 Å². The average Bonchev–Trinajstić information content (AvgIpc) is 2.64. The maximum atomic E-state index is 11.9. The molecule has 0 saturated carbocycles. The van der Waals surface area contributed by atoms with E-state index in [1.807, 2.05) is 26.0 Å². The number of hydrogen-bond donors (Lipinski definition) is 3. The molecule has 1 aliphatic heterocycles. The minimum atomic E-state index is -0.600. The molecule has 0 radical (unpaired) electrons. The van der Waals surface area contributed by atoms with Gasteiger partial charge in [0.15, 0.2) is 0 Å². The van der Waals surface area contributed by atoms with Gasteiger partial charge in [0.05, 0.1) is 12.6 Å². The Kier molecular flexibility index (Phi) is 7.38. The first kappa shape index (κ1) is 20.2. The van der Waals surface area contributed by atoms with E-state index >= 15 is 0 Å². The maximum absolute atomic E-state index is 11.9. The fraction of sp³-hybridized carbons (Fsp3) is 0.632. The number of nitrogens with two attached hydrogens (primary N) is 1. The molecule has 1 saturated heterocycles. The lowest BCUT2D eigenvalue weighted by atomic mass is 9.99. The van der Waals surface area contributed by atoms with E-state index in [2.05, 4.69) is 27.4 Å². The number of anilines is 1. The topological polar surface area (TPSA) is 100 Å². The van der Waals surface area contributed by atoms with Crippen LogP contribution in [0.25, 0.3) is 0 Å². The Bertz CT molecular complexity index is 594. The van der Waals surface area contributed by atoms with Crippen LogP contribution in [-0.4, -0.2) is 42.5 Å². The zero-order valence-electron chi connectivity index (χ0n) is 16.0. The van der Waals surface area contributed by atoms with Gasteiger partial charge in [-0.1, -0.05) is 26.8 Å². The van der Waals surface area contributed by atoms with E-state index in [0.29, 0.717) is 6.54 Å². The third kappa shape index (κ3) is 5.98. The fourth-order valence-corrected chi connectivity index (χ4v) is 2.80. The van der Waals surface area contributed by atoms with Gasteiger partial charge in [0.25, 0.3) is 0 Å². The molecule has 1 fully saturated rings. The lowest BCUT2D eigenvalue weighted by Gasteiger charge is -2.31. The third-order valence-corrected chi connectivity index (χ3v) is 4.85. The fourth-order valence-electron chi connectivity index (χ4n) is 2.80. The second-order valence-corrected chi connectivity index (χ2v) is 7.46. The Labute approximate surface area is 155 Å². The van der Waals surface area contributed by atoms with Crippen LogP contribution in [0.5, 0.6) is 0 Å². The third-order valence-electron chi connectivity index (χ3n) is 4.85. The highest BCUT2D eigenvalue weighted by atomic mass is 16.2. The summed E-state index contributed by atoms with van der Waals surface area (Å²) in [6, 6.07) is 3.38. The molecule has 26 heavy (non-hydrogen) atoms. The number of hydrogen-bond acceptors (Lipinski definition) is 5. The second kappa shape index (κ2) is 9.52. The van der Waals surface area contributed by atoms with Crippen molar-refractivity contribution in [2.75, 3.05) is 24.5 Å². The SMILES string of the molecule is CC1CCN(c2ccc(CNC(=O)CNC(=O)[C@@H](N)C(C)C)cn2)CC1. The van der Waals surface area contributed by atoms with Gasteiger partial charge in [-0.15, -0.1) is 0 Å². The number of carbonyl (C=O) groups is 2. The van der Waals surface area contributed by atoms with Gasteiger partial charge in [0, 0.05) is 25.8 Å². The lowest BCUT2D eigenvalue weighted by Crippen LogP contribution is -2.47. The van der Waals surface area contributed by atoms with Crippen molar-refractivity contribution in [3.63, 3.8) is 0 Å². The van der Waals surface area contributed by atoms with E-state index in [4.69, 9.17) is 5.73 Å². The highest BCUT2D eigenvalue weighted by Crippen LogP contribution is 2.21. The molecule has 1 atom stereocenters. The van der Waals surface area contributed by atoms with E-state index in [9.17, 15) is 9.59 Å². The van der Waals surface area contributed by atoms with E-state index in [0.717, 1.165) is 30.4 Å². The number of rotatable bonds is 7. The van der Waals surface area contributed by atoms with Crippen molar-refractivity contribution < 1.29 is 9.59 Å². The van der Waals surface area contributed by atoms with Crippen molar-refractivity contribution in [2.45, 2.75) is 46.2 Å². The molecule has 0 aromatic carbocycles. The van der Waals surface area contributed by atoms with Gasteiger partial charge in [0.2, 0.25) is 11.8 Å². The number of piperidine rings is 1. The summed E-state index contributed by atoms with van der Waals surface area (Å²) >= 11 is 0. The Hall–Kier alpha value is -2.15. The minimum Gasteiger partial charge on any atom is -0.357 e. The van der Waals surface area contributed by atoms with Crippen molar-refractivity contribution in [3.05, 3.63) is 23.9 Å². The highest BCUT2D eigenvalue weighted by Gasteiger charge is 2.18. The summed E-state index contributed by atoms with van der Waals surface area (Å²) in [5, 5.41) is 5.34. The average molecular weight is 361 g/mol. The summed E-state index contributed by atoms with van der Waals surface area (Å²) in [5.74, 6) is 1.25. The molecule has 2 rings (SSSR count). The van der Waals surface area contributed by atoms with Gasteiger partial charge in [-0.05, 0) is 36.3 Å². The molecule has 4 N–H and O–H groups in total. The molecule has 2 heterocycles. The molecule has 7 nitrogen and oxygen atoms in total. The van der Waals surface area contributed by atoms with Gasteiger partial charge < -0.3 is 21.3 Å². The van der Waals surface area contributed by atoms with Gasteiger partial charge in [-0.25, -0.2) is 4.98 Å². The zero-order valence-corrected chi connectivity index (χ0v) is 16.0. The highest BCUT2D eigenvalue weighted by molar-refractivity contribution is 5.87. The molecule has 7 heteroatoms. The maximum Gasteiger partial charge on any atom is 0.239 e. The Morgan fingerprint density at radius 3 is 2.54 bits per heavy atom. The first-order valence-electron chi connectivity index (χ1n) is 9.36. The van der Waals surface area contributed by atoms with Gasteiger partial charge >= 0.3 is 0 Å². The summed E-state index contributed by atoms with van der Waals surface area (Å²) in [6.07, 6.45) is 4.19. The van der Waals surface area contributed by atoms with Gasteiger partial charge in [0.1, 0.15) is 5.82 Å². The summed E-state index contributed by atoms with van der Waals surface area (Å²) in [7, 11) is 0. The van der Waals surface area contributed by atoms with E-state index in [1.54, 1.807) is 6.20 Å². The Balaban J connectivity index is 1.73. The van der Waals surface area contributed by atoms with Crippen molar-refractivity contribution in [2.24, 2.45) is 17.6 Å². The predicted octanol–water partition coefficient (Wildman–Crippen LogP) is 1.03. The van der Waals surface area contributed by atoms with Crippen LogP contribution in [0.1, 0.15) is 39.2 Å². The molecular formula is C19H31N5O2. The molecule has 1 aliphatic rings. The van der Waals surface area contributed by atoms with Crippen molar-refractivity contribution in [1.29, 1.82) is 0 Å². The number of carbonyl (C=O) groups excluding carboxylic acids is 2. The monoisotopic (exact) mass is 361 g/mol. The van der Waals surface area contributed by atoms with Crippen molar-refractivity contribution in [3.8, 4) is 0 Å². The van der Waals surface area contributed by atoms with E-state index in [-0.39, 0.29) is 24.3 Å². The van der Waals surface area contributed by atoms with Crippen LogP contribution in [0.4, 0.5) is 5.82 Å². The first-order valence-corrected chi connectivity index (χ1v) is 9.36. The van der Waals surface area contributed by atoms with E-state index in [1.165, 1.54) is 12.8 Å². The van der Waals surface area contributed by atoms with E-state index < -0.39 is 6.04 Å². The van der Waals surface area contributed by atoms with Crippen molar-refractivity contribution in [1.82, 2.24) is 15.6 Å². The molecule has 1 aromatic rings. The molecule has 144 valence electrons. The normalized spacial score (nSPS) is 16.4. The summed E-state index contributed by atoms with van der Waals surface area (Å²) in [5.41, 5.74) is 6.67. The van der Waals surface area contributed by atoms with Crippen LogP contribution < -0.4 is 21.3 Å².